The molecule has 0 radical (unpaired) electrons. The Morgan fingerprint density at radius 1 is 1.12 bits per heavy atom. The molecule has 0 spiro atoms. The van der Waals surface area contributed by atoms with E-state index in [4.69, 9.17) is 5.10 Å². The maximum absolute atomic E-state index is 13.3. The van der Waals surface area contributed by atoms with Crippen LogP contribution in [0.25, 0.3) is 16.9 Å². The minimum Gasteiger partial charge on any atom is -0.290 e. The van der Waals surface area contributed by atoms with E-state index in [1.807, 2.05) is 18.4 Å². The first-order valence-electron chi connectivity index (χ1n) is 9.08. The van der Waals surface area contributed by atoms with Crippen molar-refractivity contribution in [2.24, 2.45) is 0 Å². The van der Waals surface area contributed by atoms with E-state index >= 15 is 0 Å². The number of aryl methyl sites for hydroxylation is 3. The van der Waals surface area contributed by atoms with E-state index < -0.39 is 0 Å². The molecule has 0 aliphatic carbocycles. The molecule has 0 aliphatic heterocycles. The zero-order valence-corrected chi connectivity index (χ0v) is 17.5. The lowest BCUT2D eigenvalue weighted by atomic mass is 10.0. The zero-order valence-electron chi connectivity index (χ0n) is 16.7. The second-order valence-electron chi connectivity index (χ2n) is 7.17. The predicted octanol–water partition coefficient (Wildman–Crippen LogP) is 4.95. The molecule has 1 aromatic carbocycles. The first kappa shape index (κ1) is 18.8. The summed E-state index contributed by atoms with van der Waals surface area (Å²) in [6.45, 7) is 13.1. The number of fused-ring (bicyclic) bond motifs is 1. The molecule has 0 atom stereocenters. The quantitative estimate of drug-likeness (QED) is 0.611. The molecule has 2 heterocycles. The molecule has 0 saturated carbocycles. The van der Waals surface area contributed by atoms with Crippen molar-refractivity contribution >= 4 is 17.3 Å². The van der Waals surface area contributed by atoms with Gasteiger partial charge in [-0.15, -0.1) is 16.9 Å². The number of hydrogen-bond donors (Lipinski definition) is 0. The highest BCUT2D eigenvalue weighted by Gasteiger charge is 2.20. The number of hydrogen-bond acceptors (Lipinski definition) is 3. The second-order valence-corrected chi connectivity index (χ2v) is 8.01. The van der Waals surface area contributed by atoms with Gasteiger partial charge in [0.25, 0.3) is 5.56 Å². The topological polar surface area (TPSA) is 39.3 Å². The minimum atomic E-state index is 0.0419. The predicted molar refractivity (Wildman–Crippen MR) is 111 cm³/mol. The number of thioether (sulfide) groups is 1. The molecule has 2 aromatic heterocycles. The smallest absolute Gasteiger partial charge is 0.278 e. The van der Waals surface area contributed by atoms with Gasteiger partial charge in [0.05, 0.1) is 0 Å². The molecule has 4 nitrogen and oxygen atoms in total. The fourth-order valence-electron chi connectivity index (χ4n) is 3.55. The van der Waals surface area contributed by atoms with Crippen molar-refractivity contribution in [3.05, 3.63) is 50.9 Å². The summed E-state index contributed by atoms with van der Waals surface area (Å²) in [4.78, 5) is 14.6. The van der Waals surface area contributed by atoms with Crippen LogP contribution in [0.2, 0.25) is 0 Å². The van der Waals surface area contributed by atoms with E-state index in [1.165, 1.54) is 10.5 Å². The molecule has 0 bridgehead atoms. The minimum absolute atomic E-state index is 0.0419. The average molecular weight is 370 g/mol. The van der Waals surface area contributed by atoms with Crippen LogP contribution in [0.3, 0.4) is 0 Å². The Balaban J connectivity index is 2.40. The molecule has 0 amide bonds. The lowest BCUT2D eigenvalue weighted by Crippen LogP contribution is -2.26. The van der Waals surface area contributed by atoms with Crippen molar-refractivity contribution in [1.29, 1.82) is 0 Å². The number of rotatable bonds is 4. The van der Waals surface area contributed by atoms with Crippen molar-refractivity contribution < 1.29 is 0 Å². The first-order valence-corrected chi connectivity index (χ1v) is 10.3. The molecule has 0 saturated heterocycles. The van der Waals surface area contributed by atoms with Crippen LogP contribution in [-0.2, 0) is 6.54 Å². The summed E-state index contributed by atoms with van der Waals surface area (Å²) in [5, 5.41) is 4.91. The molecule has 138 valence electrons. The fraction of sp³-hybridized carbons (Fsp3) is 0.429. The number of benzene rings is 1. The fourth-order valence-corrected chi connectivity index (χ4v) is 4.23. The molecule has 0 N–H and O–H groups in total. The van der Waals surface area contributed by atoms with Crippen molar-refractivity contribution in [2.45, 2.75) is 58.9 Å². The van der Waals surface area contributed by atoms with Gasteiger partial charge in [-0.25, -0.2) is 4.52 Å². The van der Waals surface area contributed by atoms with Crippen LogP contribution in [0.5, 0.6) is 0 Å². The van der Waals surface area contributed by atoms with Gasteiger partial charge < -0.3 is 0 Å². The van der Waals surface area contributed by atoms with Crippen LogP contribution in [0, 0.1) is 20.8 Å². The summed E-state index contributed by atoms with van der Waals surface area (Å²) < 4.78 is 3.64. The third kappa shape index (κ3) is 2.88. The van der Waals surface area contributed by atoms with Gasteiger partial charge in [-0.3, -0.25) is 9.36 Å². The second kappa shape index (κ2) is 6.95. The lowest BCUT2D eigenvalue weighted by molar-refractivity contribution is 0.686. The van der Waals surface area contributed by atoms with E-state index in [0.29, 0.717) is 12.1 Å². The lowest BCUT2D eigenvalue weighted by Gasteiger charge is -2.16. The van der Waals surface area contributed by atoms with Gasteiger partial charge in [0, 0.05) is 22.7 Å². The Morgan fingerprint density at radius 3 is 2.38 bits per heavy atom. The largest absolute Gasteiger partial charge is 0.290 e. The summed E-state index contributed by atoms with van der Waals surface area (Å²) in [6, 6.07) is 6.43. The maximum atomic E-state index is 13.3. The van der Waals surface area contributed by atoms with Gasteiger partial charge in [-0.05, 0) is 74.8 Å². The Morgan fingerprint density at radius 2 is 1.81 bits per heavy atom. The number of aromatic nitrogens is 3. The van der Waals surface area contributed by atoms with E-state index in [-0.39, 0.29) is 11.5 Å². The highest BCUT2D eigenvalue weighted by molar-refractivity contribution is 7.98. The third-order valence-corrected chi connectivity index (χ3v) is 5.88. The molecule has 3 rings (SSSR count). The Hall–Kier alpha value is -2.01. The Labute approximate surface area is 159 Å². The Kier molecular flexibility index (Phi) is 5.02. The highest BCUT2D eigenvalue weighted by atomic mass is 32.2. The summed E-state index contributed by atoms with van der Waals surface area (Å²) in [5.74, 6) is 1.03. The van der Waals surface area contributed by atoms with Gasteiger partial charge in [0.1, 0.15) is 5.52 Å². The van der Waals surface area contributed by atoms with Crippen LogP contribution < -0.4 is 5.56 Å². The van der Waals surface area contributed by atoms with Crippen molar-refractivity contribution in [3.8, 4) is 11.4 Å². The summed E-state index contributed by atoms with van der Waals surface area (Å²) >= 11 is 1.74. The molecule has 5 heteroatoms. The van der Waals surface area contributed by atoms with Crippen molar-refractivity contribution in [1.82, 2.24) is 14.2 Å². The molecule has 26 heavy (non-hydrogen) atoms. The molecule has 0 unspecified atom stereocenters. The maximum Gasteiger partial charge on any atom is 0.278 e. The van der Waals surface area contributed by atoms with Crippen LogP contribution in [0.4, 0.5) is 0 Å². The first-order chi connectivity index (χ1) is 12.3. The summed E-state index contributed by atoms with van der Waals surface area (Å²) in [7, 11) is 0. The average Bonchev–Trinajstić information content (AvgIpc) is 2.94. The van der Waals surface area contributed by atoms with Gasteiger partial charge in [-0.2, -0.15) is 0 Å². The van der Waals surface area contributed by atoms with E-state index in [2.05, 4.69) is 52.1 Å². The van der Waals surface area contributed by atoms with E-state index in [9.17, 15) is 4.79 Å². The molecular formula is C21H27N3OS. The highest BCUT2D eigenvalue weighted by Crippen LogP contribution is 2.30. The van der Waals surface area contributed by atoms with Gasteiger partial charge in [0.15, 0.2) is 5.82 Å². The Bertz CT molecular complexity index is 1040. The monoisotopic (exact) mass is 369 g/mol. The summed E-state index contributed by atoms with van der Waals surface area (Å²) in [5.41, 5.74) is 6.20. The SMILES string of the molecule is CCn1c(-c2cc(C)c(SC)cc2C)nn2c(C)cc(C(C)C)c2c1=O. The van der Waals surface area contributed by atoms with Crippen LogP contribution >= 0.6 is 11.8 Å². The van der Waals surface area contributed by atoms with E-state index in [1.54, 1.807) is 16.3 Å². The van der Waals surface area contributed by atoms with Crippen molar-refractivity contribution in [3.63, 3.8) is 0 Å². The van der Waals surface area contributed by atoms with Crippen LogP contribution in [0.1, 0.15) is 49.1 Å². The van der Waals surface area contributed by atoms with Crippen molar-refractivity contribution in [2.75, 3.05) is 6.26 Å². The molecule has 3 aromatic rings. The summed E-state index contributed by atoms with van der Waals surface area (Å²) in [6.07, 6.45) is 2.09. The standard InChI is InChI=1S/C21H27N3OS/c1-8-23-20(17-9-14(5)18(26-7)10-13(17)4)22-24-15(6)11-16(12(2)3)19(24)21(23)25/h9-12H,8H2,1-7H3. The molecular weight excluding hydrogens is 342 g/mol. The molecule has 0 aliphatic rings. The van der Waals surface area contributed by atoms with Crippen LogP contribution in [-0.4, -0.2) is 20.4 Å². The van der Waals surface area contributed by atoms with Gasteiger partial charge in [-0.1, -0.05) is 13.8 Å². The zero-order chi connectivity index (χ0) is 19.2. The third-order valence-electron chi connectivity index (χ3n) is 5.00. The van der Waals surface area contributed by atoms with E-state index in [0.717, 1.165) is 28.2 Å². The van der Waals surface area contributed by atoms with Crippen LogP contribution in [0.15, 0.2) is 27.9 Å². The molecule has 0 fully saturated rings. The normalized spacial score (nSPS) is 11.7. The number of nitrogens with zero attached hydrogens (tertiary/aromatic N) is 3. The van der Waals surface area contributed by atoms with Gasteiger partial charge in [0.2, 0.25) is 0 Å². The van der Waals surface area contributed by atoms with Gasteiger partial charge >= 0.3 is 0 Å².